The zero-order valence-corrected chi connectivity index (χ0v) is 10.3. The van der Waals surface area contributed by atoms with Crippen LogP contribution in [0, 0.1) is 11.8 Å². The van der Waals surface area contributed by atoms with Crippen LogP contribution >= 0.6 is 0 Å². The predicted octanol–water partition coefficient (Wildman–Crippen LogP) is 0.524. The van der Waals surface area contributed by atoms with Crippen molar-refractivity contribution in [3.8, 4) is 0 Å². The van der Waals surface area contributed by atoms with Gasteiger partial charge in [-0.15, -0.1) is 0 Å². The number of hydrogen-bond acceptors (Lipinski definition) is 5. The first-order chi connectivity index (χ1) is 9.54. The molecule has 0 aromatic heterocycles. The van der Waals surface area contributed by atoms with E-state index < -0.39 is 29.5 Å². The summed E-state index contributed by atoms with van der Waals surface area (Å²) in [7, 11) is 0. The molecule has 0 radical (unpaired) electrons. The minimum Gasteiger partial charge on any atom is -0.455 e. The lowest BCUT2D eigenvalue weighted by Gasteiger charge is -2.48. The Morgan fingerprint density at radius 1 is 1.05 bits per heavy atom. The van der Waals surface area contributed by atoms with Crippen molar-refractivity contribution in [1.82, 2.24) is 0 Å². The molecule has 0 saturated carbocycles. The molecule has 4 atom stereocenters. The van der Waals surface area contributed by atoms with Crippen LogP contribution in [0.25, 0.3) is 0 Å². The molecule has 2 aliphatic carbocycles. The molecule has 2 bridgehead atoms. The number of Topliss-reactive ketones (excluding diaryl/α,β-unsaturated/α-hetero) is 2. The maximum absolute atomic E-state index is 12.6. The molecule has 5 rings (SSSR count). The number of aliphatic hydroxyl groups is 1. The largest absolute Gasteiger partial charge is 0.455 e. The number of carbonyl (C=O) groups excluding carboxylic acids is 3. The van der Waals surface area contributed by atoms with Gasteiger partial charge < -0.3 is 9.84 Å². The van der Waals surface area contributed by atoms with Crippen LogP contribution in [-0.2, 0) is 9.53 Å². The van der Waals surface area contributed by atoms with E-state index in [1.807, 2.05) is 0 Å². The number of rotatable bonds is 0. The monoisotopic (exact) mass is 270 g/mol. The highest BCUT2D eigenvalue weighted by atomic mass is 16.6. The maximum Gasteiger partial charge on any atom is 0.343 e. The Morgan fingerprint density at radius 3 is 2.35 bits per heavy atom. The van der Waals surface area contributed by atoms with Gasteiger partial charge in [-0.2, -0.15) is 0 Å². The standard InChI is InChI=1S/C15H10O5/c16-12-7-3-1-2-4-8(7)13(17)11-10(12)9-5-6-15(11,19)14(18)20-9/h1-6,9-11,19H. The van der Waals surface area contributed by atoms with Gasteiger partial charge in [-0.05, 0) is 12.2 Å². The minimum atomic E-state index is -2.03. The average molecular weight is 270 g/mol. The molecule has 0 amide bonds. The van der Waals surface area contributed by atoms with Crippen LogP contribution in [0.5, 0.6) is 0 Å². The smallest absolute Gasteiger partial charge is 0.343 e. The SMILES string of the molecule is O=C1c2ccccc2C(=O)C2C1C1C=CC2(O)C(=O)O1. The molecule has 20 heavy (non-hydrogen) atoms. The number of benzene rings is 1. The number of fused-ring (bicyclic) bond motifs is 2. The first-order valence-electron chi connectivity index (χ1n) is 6.34. The van der Waals surface area contributed by atoms with Crippen molar-refractivity contribution < 1.29 is 24.2 Å². The topological polar surface area (TPSA) is 80.7 Å². The fourth-order valence-corrected chi connectivity index (χ4v) is 3.38. The van der Waals surface area contributed by atoms with E-state index in [2.05, 4.69) is 0 Å². The normalized spacial score (nSPS) is 37.5. The van der Waals surface area contributed by atoms with Crippen LogP contribution in [-0.4, -0.2) is 34.3 Å². The summed E-state index contributed by atoms with van der Waals surface area (Å²) >= 11 is 0. The molecule has 0 spiro atoms. The van der Waals surface area contributed by atoms with E-state index in [0.717, 1.165) is 0 Å². The molecule has 1 aromatic carbocycles. The number of esters is 1. The van der Waals surface area contributed by atoms with Gasteiger partial charge in [-0.25, -0.2) is 4.79 Å². The molecule has 1 fully saturated rings. The average Bonchev–Trinajstić information content (AvgIpc) is 2.45. The van der Waals surface area contributed by atoms with Crippen LogP contribution in [0.15, 0.2) is 36.4 Å². The van der Waals surface area contributed by atoms with Crippen LogP contribution in [0.3, 0.4) is 0 Å². The fraction of sp³-hybridized carbons (Fsp3) is 0.267. The highest BCUT2D eigenvalue weighted by Crippen LogP contribution is 2.47. The van der Waals surface area contributed by atoms with E-state index in [-0.39, 0.29) is 17.1 Å². The minimum absolute atomic E-state index is 0.259. The zero-order chi connectivity index (χ0) is 14.1. The third kappa shape index (κ3) is 1.14. The first kappa shape index (κ1) is 11.5. The van der Waals surface area contributed by atoms with Gasteiger partial charge in [0, 0.05) is 11.1 Å². The fourth-order valence-electron chi connectivity index (χ4n) is 3.38. The van der Waals surface area contributed by atoms with Gasteiger partial charge >= 0.3 is 5.97 Å². The highest BCUT2D eigenvalue weighted by Gasteiger charge is 2.64. The van der Waals surface area contributed by atoms with Crippen molar-refractivity contribution in [2.45, 2.75) is 11.7 Å². The van der Waals surface area contributed by atoms with Crippen LogP contribution in [0.1, 0.15) is 20.7 Å². The van der Waals surface area contributed by atoms with Crippen molar-refractivity contribution in [3.05, 3.63) is 47.5 Å². The molecule has 1 aromatic rings. The molecule has 5 heteroatoms. The lowest BCUT2D eigenvalue weighted by Crippen LogP contribution is -2.65. The van der Waals surface area contributed by atoms with Gasteiger partial charge in [0.1, 0.15) is 6.10 Å². The first-order valence-corrected chi connectivity index (χ1v) is 6.34. The Labute approximate surface area is 113 Å². The molecule has 4 aliphatic rings. The lowest BCUT2D eigenvalue weighted by molar-refractivity contribution is -0.186. The molecular weight excluding hydrogens is 260 g/mol. The van der Waals surface area contributed by atoms with Crippen molar-refractivity contribution >= 4 is 17.5 Å². The molecule has 1 N–H and O–H groups in total. The molecule has 5 nitrogen and oxygen atoms in total. The van der Waals surface area contributed by atoms with Crippen LogP contribution in [0.2, 0.25) is 0 Å². The molecule has 2 heterocycles. The van der Waals surface area contributed by atoms with Crippen molar-refractivity contribution in [1.29, 1.82) is 0 Å². The van der Waals surface area contributed by atoms with Crippen molar-refractivity contribution in [3.63, 3.8) is 0 Å². The third-order valence-electron chi connectivity index (χ3n) is 4.34. The Kier molecular flexibility index (Phi) is 1.98. The maximum atomic E-state index is 12.6. The summed E-state index contributed by atoms with van der Waals surface area (Å²) in [6.45, 7) is 0. The zero-order valence-electron chi connectivity index (χ0n) is 10.3. The van der Waals surface area contributed by atoms with Gasteiger partial charge in [0.2, 0.25) is 0 Å². The summed E-state index contributed by atoms with van der Waals surface area (Å²) in [5, 5.41) is 10.5. The van der Waals surface area contributed by atoms with E-state index in [1.165, 1.54) is 12.2 Å². The van der Waals surface area contributed by atoms with Gasteiger partial charge in [0.05, 0.1) is 11.8 Å². The van der Waals surface area contributed by atoms with E-state index in [9.17, 15) is 19.5 Å². The second kappa shape index (κ2) is 3.43. The Balaban J connectivity index is 1.98. The molecule has 4 unspecified atom stereocenters. The number of ketones is 2. The number of carbonyl (C=O) groups is 3. The molecule has 100 valence electrons. The summed E-state index contributed by atoms with van der Waals surface area (Å²) in [4.78, 5) is 36.9. The summed E-state index contributed by atoms with van der Waals surface area (Å²) < 4.78 is 5.04. The predicted molar refractivity (Wildman–Crippen MR) is 66.1 cm³/mol. The van der Waals surface area contributed by atoms with Gasteiger partial charge in [0.25, 0.3) is 0 Å². The van der Waals surface area contributed by atoms with Gasteiger partial charge in [-0.3, -0.25) is 9.59 Å². The Bertz CT molecular complexity index is 704. The summed E-state index contributed by atoms with van der Waals surface area (Å²) in [6, 6.07) is 6.47. The molecule has 2 aliphatic heterocycles. The third-order valence-corrected chi connectivity index (χ3v) is 4.34. The number of ether oxygens (including phenoxy) is 1. The van der Waals surface area contributed by atoms with E-state index in [4.69, 9.17) is 4.74 Å². The summed E-state index contributed by atoms with van der Waals surface area (Å²) in [6.07, 6.45) is 2.00. The molecular formula is C15H10O5. The van der Waals surface area contributed by atoms with Crippen molar-refractivity contribution in [2.75, 3.05) is 0 Å². The highest BCUT2D eigenvalue weighted by molar-refractivity contribution is 6.19. The van der Waals surface area contributed by atoms with Gasteiger partial charge in [0.15, 0.2) is 17.2 Å². The number of hydrogen-bond donors (Lipinski definition) is 1. The van der Waals surface area contributed by atoms with Crippen molar-refractivity contribution in [2.24, 2.45) is 11.8 Å². The Hall–Kier alpha value is -2.27. The summed E-state index contributed by atoms with van der Waals surface area (Å²) in [5.74, 6) is -3.40. The lowest BCUT2D eigenvalue weighted by atomic mass is 9.60. The summed E-state index contributed by atoms with van der Waals surface area (Å²) in [5.41, 5.74) is -1.43. The molecule has 1 saturated heterocycles. The second-order valence-corrected chi connectivity index (χ2v) is 5.33. The van der Waals surface area contributed by atoms with Crippen LogP contribution in [0.4, 0.5) is 0 Å². The second-order valence-electron chi connectivity index (χ2n) is 5.33. The Morgan fingerprint density at radius 2 is 1.70 bits per heavy atom. The van der Waals surface area contributed by atoms with Gasteiger partial charge in [-0.1, -0.05) is 24.3 Å². The quantitative estimate of drug-likeness (QED) is 0.549. The van der Waals surface area contributed by atoms with E-state index in [1.54, 1.807) is 24.3 Å². The van der Waals surface area contributed by atoms with E-state index in [0.29, 0.717) is 5.56 Å². The van der Waals surface area contributed by atoms with E-state index >= 15 is 0 Å². The van der Waals surface area contributed by atoms with Crippen LogP contribution < -0.4 is 0 Å².